The molecule has 0 amide bonds. The molecule has 2 N–H and O–H groups in total. The zero-order valence-corrected chi connectivity index (χ0v) is 20.8. The Bertz CT molecular complexity index is 419. The van der Waals surface area contributed by atoms with Crippen LogP contribution in [-0.4, -0.2) is 95.6 Å². The second-order valence-electron chi connectivity index (χ2n) is 8.83. The summed E-state index contributed by atoms with van der Waals surface area (Å²) in [7, 11) is -0.815. The number of ether oxygens (including phenoxy) is 2. The van der Waals surface area contributed by atoms with Crippen molar-refractivity contribution < 1.29 is 32.7 Å². The smallest absolute Gasteiger partial charge is 0.394 e. The summed E-state index contributed by atoms with van der Waals surface area (Å²) in [6.45, 7) is 9.65. The van der Waals surface area contributed by atoms with Crippen molar-refractivity contribution in [3.63, 3.8) is 0 Å². The molecule has 0 aromatic rings. The van der Waals surface area contributed by atoms with Crippen LogP contribution in [0.5, 0.6) is 0 Å². The standard InChI is InChI=1S/C22H48NO6Si/c1-4-6-8-10-13-23(3,12-9-7-5-2)14-11-19-30(25)28-18-17-27-22(21-29-30)20-26-16-15-24/h22,24-25H,4-21H2,1-3H3/q+1. The average Bonchev–Trinajstić information content (AvgIpc) is 2.71. The van der Waals surface area contributed by atoms with Gasteiger partial charge in [-0.05, 0) is 25.7 Å². The first kappa shape index (κ1) is 28.0. The molecule has 180 valence electrons. The minimum absolute atomic E-state index is 0.0108. The minimum Gasteiger partial charge on any atom is -0.394 e. The Morgan fingerprint density at radius 1 is 0.933 bits per heavy atom. The van der Waals surface area contributed by atoms with Gasteiger partial charge in [0.1, 0.15) is 6.10 Å². The van der Waals surface area contributed by atoms with Gasteiger partial charge in [-0.3, -0.25) is 0 Å². The number of hydrogen-bond acceptors (Lipinski definition) is 6. The lowest BCUT2D eigenvalue weighted by Gasteiger charge is -2.36. The highest BCUT2D eigenvalue weighted by atomic mass is 28.4. The lowest BCUT2D eigenvalue weighted by molar-refractivity contribution is -0.910. The predicted molar refractivity (Wildman–Crippen MR) is 121 cm³/mol. The molecule has 1 aliphatic rings. The predicted octanol–water partition coefficient (Wildman–Crippen LogP) is 2.97. The van der Waals surface area contributed by atoms with E-state index >= 15 is 0 Å². The molecule has 0 aromatic carbocycles. The third-order valence-corrected chi connectivity index (χ3v) is 8.10. The summed E-state index contributed by atoms with van der Waals surface area (Å²) in [4.78, 5) is 11.0. The van der Waals surface area contributed by atoms with Crippen molar-refractivity contribution in [1.82, 2.24) is 0 Å². The fourth-order valence-corrected chi connectivity index (χ4v) is 5.76. The largest absolute Gasteiger partial charge is 0.498 e. The van der Waals surface area contributed by atoms with Gasteiger partial charge in [-0.2, -0.15) is 0 Å². The Labute approximate surface area is 185 Å². The maximum atomic E-state index is 11.0. The molecule has 1 saturated heterocycles. The third kappa shape index (κ3) is 12.7. The number of rotatable bonds is 17. The molecule has 0 bridgehead atoms. The molecule has 1 heterocycles. The summed E-state index contributed by atoms with van der Waals surface area (Å²) < 4.78 is 23.6. The number of aliphatic hydroxyl groups is 1. The van der Waals surface area contributed by atoms with E-state index in [0.29, 0.717) is 25.9 Å². The molecule has 3 unspecified atom stereocenters. The summed E-state index contributed by atoms with van der Waals surface area (Å²) in [5, 5.41) is 8.84. The first-order valence-electron chi connectivity index (χ1n) is 12.1. The highest BCUT2D eigenvalue weighted by molar-refractivity contribution is 6.59. The van der Waals surface area contributed by atoms with Gasteiger partial charge in [0, 0.05) is 12.5 Å². The van der Waals surface area contributed by atoms with Crippen LogP contribution in [0.1, 0.15) is 65.2 Å². The van der Waals surface area contributed by atoms with Gasteiger partial charge in [0.25, 0.3) is 0 Å². The van der Waals surface area contributed by atoms with E-state index in [4.69, 9.17) is 23.4 Å². The minimum atomic E-state index is -3.19. The van der Waals surface area contributed by atoms with E-state index in [2.05, 4.69) is 20.9 Å². The van der Waals surface area contributed by atoms with E-state index in [1.54, 1.807) is 0 Å². The second kappa shape index (κ2) is 16.6. The van der Waals surface area contributed by atoms with E-state index in [0.717, 1.165) is 17.4 Å². The van der Waals surface area contributed by atoms with Crippen molar-refractivity contribution in [2.75, 3.05) is 66.3 Å². The first-order valence-corrected chi connectivity index (χ1v) is 14.1. The lowest BCUT2D eigenvalue weighted by Crippen LogP contribution is -2.50. The summed E-state index contributed by atoms with van der Waals surface area (Å²) >= 11 is 0. The van der Waals surface area contributed by atoms with E-state index in [-0.39, 0.29) is 25.9 Å². The molecule has 0 aromatic heterocycles. The van der Waals surface area contributed by atoms with Gasteiger partial charge in [0.15, 0.2) is 0 Å². The SMILES string of the molecule is CCCCCC[N+](C)(CCCCC)CCC[Si]1(O)OCCOC(COCCO)CO1. The Hall–Kier alpha value is -0.0631. The highest BCUT2D eigenvalue weighted by Gasteiger charge is 2.39. The summed E-state index contributed by atoms with van der Waals surface area (Å²) in [6.07, 6.45) is 9.64. The zero-order chi connectivity index (χ0) is 22.1. The van der Waals surface area contributed by atoms with Crippen molar-refractivity contribution >= 4 is 8.80 Å². The van der Waals surface area contributed by atoms with E-state index in [1.807, 2.05) is 0 Å². The molecular weight excluding hydrogens is 402 g/mol. The molecule has 1 aliphatic heterocycles. The lowest BCUT2D eigenvalue weighted by atomic mass is 10.1. The van der Waals surface area contributed by atoms with Crippen molar-refractivity contribution in [2.24, 2.45) is 0 Å². The van der Waals surface area contributed by atoms with Crippen LogP contribution in [0, 0.1) is 0 Å². The quantitative estimate of drug-likeness (QED) is 0.202. The fourth-order valence-electron chi connectivity index (χ4n) is 3.93. The third-order valence-electron chi connectivity index (χ3n) is 5.84. The molecule has 1 rings (SSSR count). The molecule has 1 fully saturated rings. The van der Waals surface area contributed by atoms with Crippen LogP contribution < -0.4 is 0 Å². The van der Waals surface area contributed by atoms with Crippen LogP contribution in [0.3, 0.4) is 0 Å². The Kier molecular flexibility index (Phi) is 15.4. The van der Waals surface area contributed by atoms with Crippen LogP contribution in [-0.2, 0) is 18.3 Å². The molecule has 0 radical (unpaired) electrons. The van der Waals surface area contributed by atoms with Gasteiger partial charge < -0.3 is 32.7 Å². The van der Waals surface area contributed by atoms with Crippen molar-refractivity contribution in [1.29, 1.82) is 0 Å². The number of unbranched alkanes of at least 4 members (excludes halogenated alkanes) is 5. The van der Waals surface area contributed by atoms with Crippen molar-refractivity contribution in [3.8, 4) is 0 Å². The second-order valence-corrected chi connectivity index (χ2v) is 11.3. The number of nitrogens with zero attached hydrogens (tertiary/aromatic N) is 1. The van der Waals surface area contributed by atoms with Crippen LogP contribution in [0.2, 0.25) is 6.04 Å². The topological polar surface area (TPSA) is 77.4 Å². The maximum Gasteiger partial charge on any atom is 0.498 e. The van der Waals surface area contributed by atoms with Gasteiger partial charge in [0.2, 0.25) is 0 Å². The molecule has 7 nitrogen and oxygen atoms in total. The monoisotopic (exact) mass is 450 g/mol. The summed E-state index contributed by atoms with van der Waals surface area (Å²) in [5.41, 5.74) is 0. The van der Waals surface area contributed by atoms with E-state index in [9.17, 15) is 4.80 Å². The number of quaternary nitrogens is 1. The van der Waals surface area contributed by atoms with Gasteiger partial charge in [-0.1, -0.05) is 33.1 Å². The molecular formula is C22H48NO6Si+. The molecule has 8 heteroatoms. The number of aliphatic hydroxyl groups excluding tert-OH is 1. The summed E-state index contributed by atoms with van der Waals surface area (Å²) in [5.74, 6) is 0. The Morgan fingerprint density at radius 3 is 2.30 bits per heavy atom. The van der Waals surface area contributed by atoms with E-state index < -0.39 is 8.80 Å². The summed E-state index contributed by atoms with van der Waals surface area (Å²) in [6, 6.07) is 0.591. The van der Waals surface area contributed by atoms with Gasteiger partial charge in [-0.25, -0.2) is 0 Å². The fraction of sp³-hybridized carbons (Fsp3) is 1.00. The van der Waals surface area contributed by atoms with E-state index in [1.165, 1.54) is 58.0 Å². The van der Waals surface area contributed by atoms with Crippen molar-refractivity contribution in [3.05, 3.63) is 0 Å². The molecule has 0 saturated carbocycles. The Morgan fingerprint density at radius 2 is 1.60 bits per heavy atom. The van der Waals surface area contributed by atoms with Crippen LogP contribution in [0.25, 0.3) is 0 Å². The van der Waals surface area contributed by atoms with Gasteiger partial charge in [-0.15, -0.1) is 0 Å². The first-order chi connectivity index (χ1) is 14.5. The molecule has 0 spiro atoms. The zero-order valence-electron chi connectivity index (χ0n) is 19.8. The average molecular weight is 451 g/mol. The maximum absolute atomic E-state index is 11.0. The van der Waals surface area contributed by atoms with Crippen LogP contribution >= 0.6 is 0 Å². The van der Waals surface area contributed by atoms with Gasteiger partial charge >= 0.3 is 8.80 Å². The normalized spacial score (nSPS) is 24.9. The van der Waals surface area contributed by atoms with Crippen LogP contribution in [0.4, 0.5) is 0 Å². The molecule has 30 heavy (non-hydrogen) atoms. The molecule has 0 aliphatic carbocycles. The Balaban J connectivity index is 2.48. The highest BCUT2D eigenvalue weighted by Crippen LogP contribution is 2.19. The van der Waals surface area contributed by atoms with Crippen molar-refractivity contribution in [2.45, 2.75) is 77.4 Å². The van der Waals surface area contributed by atoms with Crippen LogP contribution in [0.15, 0.2) is 0 Å². The number of hydrogen-bond donors (Lipinski definition) is 2. The molecule has 3 atom stereocenters. The van der Waals surface area contributed by atoms with Gasteiger partial charge in [0.05, 0.1) is 66.3 Å².